The molecule has 2 atom stereocenters. The SMILES string of the molecule is CN=C(NCC(O)C(F)(F)F)N1CCC(CN2CCCCC2)C1.I. The van der Waals surface area contributed by atoms with Gasteiger partial charge in [0.15, 0.2) is 12.1 Å². The Morgan fingerprint density at radius 1 is 1.25 bits per heavy atom. The zero-order chi connectivity index (χ0) is 16.9. The molecule has 0 spiro atoms. The molecule has 5 nitrogen and oxygen atoms in total. The summed E-state index contributed by atoms with van der Waals surface area (Å²) in [4.78, 5) is 8.52. The molecule has 2 heterocycles. The number of nitrogens with one attached hydrogen (secondary N) is 1. The molecule has 2 unspecified atom stereocenters. The quantitative estimate of drug-likeness (QED) is 0.380. The number of alkyl halides is 3. The van der Waals surface area contributed by atoms with Crippen LogP contribution >= 0.6 is 24.0 Å². The molecule has 0 radical (unpaired) electrons. The maximum atomic E-state index is 12.4. The first-order chi connectivity index (χ1) is 10.9. The topological polar surface area (TPSA) is 51.1 Å². The maximum Gasteiger partial charge on any atom is 0.416 e. The number of nitrogens with zero attached hydrogens (tertiary/aromatic N) is 3. The fourth-order valence-corrected chi connectivity index (χ4v) is 3.32. The van der Waals surface area contributed by atoms with E-state index in [1.165, 1.54) is 19.3 Å². The highest BCUT2D eigenvalue weighted by molar-refractivity contribution is 14.0. The Morgan fingerprint density at radius 2 is 1.92 bits per heavy atom. The molecule has 142 valence electrons. The van der Waals surface area contributed by atoms with E-state index in [2.05, 4.69) is 15.2 Å². The lowest BCUT2D eigenvalue weighted by Crippen LogP contribution is -2.46. The van der Waals surface area contributed by atoms with Crippen LogP contribution in [0.15, 0.2) is 4.99 Å². The Hall–Kier alpha value is -0.290. The second kappa shape index (κ2) is 10.0. The fourth-order valence-electron chi connectivity index (χ4n) is 3.32. The van der Waals surface area contributed by atoms with E-state index >= 15 is 0 Å². The maximum absolute atomic E-state index is 12.4. The number of aliphatic imine (C=N–C) groups is 1. The van der Waals surface area contributed by atoms with Gasteiger partial charge >= 0.3 is 6.18 Å². The lowest BCUT2D eigenvalue weighted by atomic mass is 10.1. The van der Waals surface area contributed by atoms with Crippen molar-refractivity contribution >= 4 is 29.9 Å². The molecule has 2 rings (SSSR count). The summed E-state index contributed by atoms with van der Waals surface area (Å²) in [6.07, 6.45) is -2.12. The molecule has 0 amide bonds. The number of likely N-dealkylation sites (tertiary alicyclic amines) is 2. The number of aliphatic hydroxyl groups is 1. The summed E-state index contributed by atoms with van der Waals surface area (Å²) >= 11 is 0. The summed E-state index contributed by atoms with van der Waals surface area (Å²) in [6, 6.07) is 0. The third-order valence-electron chi connectivity index (χ3n) is 4.59. The average Bonchev–Trinajstić information content (AvgIpc) is 2.96. The smallest absolute Gasteiger partial charge is 0.382 e. The van der Waals surface area contributed by atoms with E-state index in [1.807, 2.05) is 4.90 Å². The molecule has 24 heavy (non-hydrogen) atoms. The van der Waals surface area contributed by atoms with Crippen molar-refractivity contribution in [3.8, 4) is 0 Å². The molecule has 2 fully saturated rings. The molecule has 2 aliphatic rings. The first kappa shape index (κ1) is 21.8. The molecular formula is C15H28F3IN4O. The Balaban J connectivity index is 0.00000288. The zero-order valence-corrected chi connectivity index (χ0v) is 16.4. The van der Waals surface area contributed by atoms with E-state index in [-0.39, 0.29) is 24.0 Å². The second-order valence-corrected chi connectivity index (χ2v) is 6.45. The van der Waals surface area contributed by atoms with Crippen LogP contribution in [0.1, 0.15) is 25.7 Å². The Labute approximate surface area is 158 Å². The van der Waals surface area contributed by atoms with Crippen molar-refractivity contribution in [3.63, 3.8) is 0 Å². The summed E-state index contributed by atoms with van der Waals surface area (Å²) in [5, 5.41) is 11.7. The Bertz CT molecular complexity index is 403. The van der Waals surface area contributed by atoms with Crippen LogP contribution < -0.4 is 5.32 Å². The average molecular weight is 464 g/mol. The van der Waals surface area contributed by atoms with Gasteiger partial charge in [0.25, 0.3) is 0 Å². The summed E-state index contributed by atoms with van der Waals surface area (Å²) in [7, 11) is 1.56. The van der Waals surface area contributed by atoms with Crippen LogP contribution in [0.3, 0.4) is 0 Å². The molecule has 2 N–H and O–H groups in total. The number of rotatable bonds is 4. The number of hydrogen-bond donors (Lipinski definition) is 2. The standard InChI is InChI=1S/C15H27F3N4O.HI/c1-19-14(20-9-13(23)15(16,17)18)22-8-5-12(11-22)10-21-6-3-2-4-7-21;/h12-13,23H,2-11H2,1H3,(H,19,20);1H. The summed E-state index contributed by atoms with van der Waals surface area (Å²) in [5.41, 5.74) is 0. The minimum absolute atomic E-state index is 0. The van der Waals surface area contributed by atoms with E-state index in [9.17, 15) is 13.2 Å². The van der Waals surface area contributed by atoms with Crippen LogP contribution in [-0.2, 0) is 0 Å². The van der Waals surface area contributed by atoms with Crippen LogP contribution in [-0.4, -0.2) is 79.5 Å². The number of piperidine rings is 1. The third kappa shape index (κ3) is 6.55. The number of aliphatic hydroxyl groups excluding tert-OH is 1. The van der Waals surface area contributed by atoms with Gasteiger partial charge in [0.2, 0.25) is 0 Å². The first-order valence-electron chi connectivity index (χ1n) is 8.33. The van der Waals surface area contributed by atoms with Gasteiger partial charge in [-0.25, -0.2) is 0 Å². The van der Waals surface area contributed by atoms with Crippen LogP contribution in [0.2, 0.25) is 0 Å². The van der Waals surface area contributed by atoms with E-state index in [1.54, 1.807) is 7.05 Å². The number of halogens is 4. The van der Waals surface area contributed by atoms with Gasteiger partial charge in [-0.15, -0.1) is 24.0 Å². The van der Waals surface area contributed by atoms with Gasteiger partial charge in [0.1, 0.15) is 0 Å². The summed E-state index contributed by atoms with van der Waals surface area (Å²) in [5.74, 6) is 0.966. The van der Waals surface area contributed by atoms with E-state index < -0.39 is 18.8 Å². The molecular weight excluding hydrogens is 436 g/mol. The third-order valence-corrected chi connectivity index (χ3v) is 4.59. The molecule has 0 aromatic heterocycles. The van der Waals surface area contributed by atoms with Crippen molar-refractivity contribution in [3.05, 3.63) is 0 Å². The number of guanidine groups is 1. The highest BCUT2D eigenvalue weighted by Crippen LogP contribution is 2.21. The van der Waals surface area contributed by atoms with Crippen molar-refractivity contribution in [1.82, 2.24) is 15.1 Å². The van der Waals surface area contributed by atoms with Gasteiger partial charge < -0.3 is 20.2 Å². The lowest BCUT2D eigenvalue weighted by Gasteiger charge is -2.29. The van der Waals surface area contributed by atoms with Gasteiger partial charge in [-0.3, -0.25) is 4.99 Å². The second-order valence-electron chi connectivity index (χ2n) is 6.45. The molecule has 2 saturated heterocycles. The predicted octanol–water partition coefficient (Wildman–Crippen LogP) is 1.91. The normalized spacial score (nSPS) is 24.6. The van der Waals surface area contributed by atoms with Crippen molar-refractivity contribution in [2.24, 2.45) is 10.9 Å². The minimum atomic E-state index is -4.60. The van der Waals surface area contributed by atoms with Crippen molar-refractivity contribution in [2.75, 3.05) is 46.3 Å². The largest absolute Gasteiger partial charge is 0.416 e. The Morgan fingerprint density at radius 3 is 2.50 bits per heavy atom. The number of hydrogen-bond acceptors (Lipinski definition) is 3. The van der Waals surface area contributed by atoms with E-state index in [4.69, 9.17) is 5.11 Å². The van der Waals surface area contributed by atoms with Gasteiger partial charge in [-0.05, 0) is 38.3 Å². The molecule has 0 aliphatic carbocycles. The van der Waals surface area contributed by atoms with E-state index in [0.717, 1.165) is 39.1 Å². The molecule has 0 aromatic rings. The zero-order valence-electron chi connectivity index (χ0n) is 14.1. The molecule has 2 aliphatic heterocycles. The highest BCUT2D eigenvalue weighted by atomic mass is 127. The monoisotopic (exact) mass is 464 g/mol. The molecule has 0 bridgehead atoms. The van der Waals surface area contributed by atoms with Crippen LogP contribution in [0.25, 0.3) is 0 Å². The summed E-state index contributed by atoms with van der Waals surface area (Å²) < 4.78 is 37.1. The van der Waals surface area contributed by atoms with Gasteiger partial charge in [-0.2, -0.15) is 13.2 Å². The van der Waals surface area contributed by atoms with Crippen LogP contribution in [0.5, 0.6) is 0 Å². The molecule has 0 saturated carbocycles. The van der Waals surface area contributed by atoms with Crippen molar-refractivity contribution < 1.29 is 18.3 Å². The Kier molecular flexibility index (Phi) is 9.07. The highest BCUT2D eigenvalue weighted by Gasteiger charge is 2.38. The van der Waals surface area contributed by atoms with E-state index in [0.29, 0.717) is 11.9 Å². The van der Waals surface area contributed by atoms with Crippen molar-refractivity contribution in [2.45, 2.75) is 38.0 Å². The van der Waals surface area contributed by atoms with Gasteiger partial charge in [0.05, 0.1) is 6.54 Å². The van der Waals surface area contributed by atoms with Crippen molar-refractivity contribution in [1.29, 1.82) is 0 Å². The molecule has 0 aromatic carbocycles. The molecule has 9 heteroatoms. The van der Waals surface area contributed by atoms with Gasteiger partial charge in [0, 0.05) is 26.7 Å². The summed E-state index contributed by atoms with van der Waals surface area (Å²) in [6.45, 7) is 4.39. The minimum Gasteiger partial charge on any atom is -0.382 e. The van der Waals surface area contributed by atoms with Gasteiger partial charge in [-0.1, -0.05) is 6.42 Å². The fraction of sp³-hybridized carbons (Fsp3) is 0.933. The first-order valence-corrected chi connectivity index (χ1v) is 8.33. The lowest BCUT2D eigenvalue weighted by molar-refractivity contribution is -0.201. The van der Waals surface area contributed by atoms with Crippen LogP contribution in [0, 0.1) is 5.92 Å². The predicted molar refractivity (Wildman–Crippen MR) is 98.8 cm³/mol. The van der Waals surface area contributed by atoms with Crippen LogP contribution in [0.4, 0.5) is 13.2 Å².